The van der Waals surface area contributed by atoms with Gasteiger partial charge in [-0.2, -0.15) is 0 Å². The lowest BCUT2D eigenvalue weighted by atomic mass is 10.0. The Bertz CT molecular complexity index is 886. The Morgan fingerprint density at radius 1 is 1.23 bits per heavy atom. The minimum absolute atomic E-state index is 0.0276. The van der Waals surface area contributed by atoms with E-state index in [1.165, 1.54) is 0 Å². The smallest absolute Gasteiger partial charge is 0.355 e. The molecule has 0 saturated carbocycles. The first-order valence-corrected chi connectivity index (χ1v) is 10.1. The van der Waals surface area contributed by atoms with E-state index in [-0.39, 0.29) is 29.7 Å². The Kier molecular flexibility index (Phi) is 6.26. The van der Waals surface area contributed by atoms with Crippen LogP contribution in [-0.4, -0.2) is 32.1 Å². The van der Waals surface area contributed by atoms with Crippen LogP contribution in [0.25, 0.3) is 0 Å². The highest BCUT2D eigenvalue weighted by Crippen LogP contribution is 2.26. The topological polar surface area (TPSA) is 77.4 Å². The number of carbonyl (C=O) groups excluding carboxylic acids is 1. The lowest BCUT2D eigenvalue weighted by Crippen LogP contribution is -2.28. The Labute approximate surface area is 155 Å². The van der Waals surface area contributed by atoms with E-state index < -0.39 is 16.0 Å². The van der Waals surface area contributed by atoms with Gasteiger partial charge in [0.15, 0.2) is 0 Å². The fourth-order valence-corrected chi connectivity index (χ4v) is 4.68. The Balaban J connectivity index is 2.29. The zero-order valence-corrected chi connectivity index (χ0v) is 16.7. The molecule has 26 heavy (non-hydrogen) atoms. The summed E-state index contributed by atoms with van der Waals surface area (Å²) in [4.78, 5) is 12.3. The molecule has 142 valence electrons. The van der Waals surface area contributed by atoms with Gasteiger partial charge in [0.2, 0.25) is 10.0 Å². The molecule has 1 heterocycles. The van der Waals surface area contributed by atoms with E-state index in [2.05, 4.69) is 4.72 Å². The van der Waals surface area contributed by atoms with Crippen LogP contribution in [0, 0.1) is 13.8 Å². The van der Waals surface area contributed by atoms with Crippen molar-refractivity contribution >= 4 is 16.0 Å². The number of carbonyl (C=O) groups is 1. The van der Waals surface area contributed by atoms with Crippen molar-refractivity contribution in [2.45, 2.75) is 38.5 Å². The molecule has 1 aromatic carbocycles. The van der Waals surface area contributed by atoms with Crippen molar-refractivity contribution in [2.75, 3.05) is 13.2 Å². The fourth-order valence-electron chi connectivity index (χ4n) is 3.04. The van der Waals surface area contributed by atoms with Gasteiger partial charge in [-0.25, -0.2) is 17.9 Å². The Morgan fingerprint density at radius 2 is 1.85 bits per heavy atom. The summed E-state index contributed by atoms with van der Waals surface area (Å²) in [7, 11) is -2.09. The highest BCUT2D eigenvalue weighted by molar-refractivity contribution is 7.89. The number of benzene rings is 1. The van der Waals surface area contributed by atoms with E-state index in [9.17, 15) is 13.2 Å². The van der Waals surface area contributed by atoms with Gasteiger partial charge in [0.1, 0.15) is 10.6 Å². The number of nitrogens with one attached hydrogen (secondary N) is 1. The summed E-state index contributed by atoms with van der Waals surface area (Å²) in [6.07, 6.45) is 0. The van der Waals surface area contributed by atoms with Crippen LogP contribution in [0.5, 0.6) is 0 Å². The van der Waals surface area contributed by atoms with Crippen molar-refractivity contribution in [1.29, 1.82) is 0 Å². The number of nitrogens with zero attached hydrogens (tertiary/aromatic N) is 1. The van der Waals surface area contributed by atoms with Gasteiger partial charge in [0.25, 0.3) is 0 Å². The Morgan fingerprint density at radius 3 is 2.42 bits per heavy atom. The highest BCUT2D eigenvalue weighted by atomic mass is 32.2. The van der Waals surface area contributed by atoms with Crippen molar-refractivity contribution in [3.8, 4) is 0 Å². The second-order valence-corrected chi connectivity index (χ2v) is 8.04. The number of esters is 1. The number of ether oxygens (including phenoxy) is 1. The third-order valence-corrected chi connectivity index (χ3v) is 6.23. The van der Waals surface area contributed by atoms with Crippen LogP contribution in [0.1, 0.15) is 47.1 Å². The molecule has 6 nitrogen and oxygen atoms in total. The van der Waals surface area contributed by atoms with E-state index in [0.29, 0.717) is 11.3 Å². The maximum Gasteiger partial charge on any atom is 0.355 e. The molecule has 0 spiro atoms. The molecule has 0 radical (unpaired) electrons. The molecule has 2 rings (SSSR count). The fraction of sp³-hybridized carbons (Fsp3) is 0.421. The van der Waals surface area contributed by atoms with Crippen LogP contribution in [0.3, 0.4) is 0 Å². The normalized spacial score (nSPS) is 12.8. The lowest BCUT2D eigenvalue weighted by Gasteiger charge is -2.14. The minimum Gasteiger partial charge on any atom is -0.461 e. The number of hydrogen-bond acceptors (Lipinski definition) is 4. The maximum absolute atomic E-state index is 12.9. The number of sulfonamides is 1. The quantitative estimate of drug-likeness (QED) is 0.752. The van der Waals surface area contributed by atoms with E-state index in [1.54, 1.807) is 32.4 Å². The summed E-state index contributed by atoms with van der Waals surface area (Å²) in [5.41, 5.74) is 2.23. The van der Waals surface area contributed by atoms with Crippen LogP contribution in [0.2, 0.25) is 0 Å². The number of hydrogen-bond donors (Lipinski definition) is 1. The predicted octanol–water partition coefficient (Wildman–Crippen LogP) is 2.90. The van der Waals surface area contributed by atoms with E-state index in [0.717, 1.165) is 5.56 Å². The van der Waals surface area contributed by atoms with Gasteiger partial charge < -0.3 is 9.30 Å². The van der Waals surface area contributed by atoms with Gasteiger partial charge in [-0.05, 0) is 32.3 Å². The van der Waals surface area contributed by atoms with E-state index >= 15 is 0 Å². The van der Waals surface area contributed by atoms with Gasteiger partial charge in [0, 0.05) is 24.8 Å². The van der Waals surface area contributed by atoms with Gasteiger partial charge >= 0.3 is 5.97 Å². The Hall–Kier alpha value is -2.12. The summed E-state index contributed by atoms with van der Waals surface area (Å²) < 4.78 is 35.1. The van der Waals surface area contributed by atoms with Crippen LogP contribution in [0.4, 0.5) is 0 Å². The monoisotopic (exact) mass is 378 g/mol. The average molecular weight is 378 g/mol. The molecule has 1 atom stereocenters. The number of aromatic nitrogens is 1. The zero-order chi connectivity index (χ0) is 19.5. The molecule has 1 aromatic heterocycles. The van der Waals surface area contributed by atoms with Crippen molar-refractivity contribution in [1.82, 2.24) is 9.29 Å². The van der Waals surface area contributed by atoms with Crippen LogP contribution in [-0.2, 0) is 21.8 Å². The molecule has 2 aromatic rings. The standard InChI is InChI=1S/C19H26N2O4S/c1-6-25-19(22)17-14(3)18(15(4)21(17)5)26(23,24)20-12-13(2)16-10-8-7-9-11-16/h7-11,13,20H,6,12H2,1-5H3. The molecule has 0 aliphatic rings. The van der Waals surface area contributed by atoms with Crippen molar-refractivity contribution in [3.63, 3.8) is 0 Å². The van der Waals surface area contributed by atoms with Gasteiger partial charge in [-0.3, -0.25) is 0 Å². The molecule has 0 saturated heterocycles. The average Bonchev–Trinajstić information content (AvgIpc) is 2.83. The van der Waals surface area contributed by atoms with Crippen molar-refractivity contribution in [3.05, 3.63) is 52.8 Å². The molecule has 1 N–H and O–H groups in total. The lowest BCUT2D eigenvalue weighted by molar-refractivity contribution is 0.0514. The molecule has 0 aliphatic carbocycles. The number of rotatable bonds is 7. The predicted molar refractivity (Wildman–Crippen MR) is 101 cm³/mol. The summed E-state index contributed by atoms with van der Waals surface area (Å²) in [6, 6.07) is 9.72. The second kappa shape index (κ2) is 8.05. The molecule has 0 fully saturated rings. The summed E-state index contributed by atoms with van der Waals surface area (Å²) >= 11 is 0. The molecule has 7 heteroatoms. The SMILES string of the molecule is CCOC(=O)c1c(C)c(S(=O)(=O)NCC(C)c2ccccc2)c(C)n1C. The first kappa shape index (κ1) is 20.2. The summed E-state index contributed by atoms with van der Waals surface area (Å²) in [6.45, 7) is 7.51. The molecule has 0 amide bonds. The molecule has 1 unspecified atom stereocenters. The second-order valence-electron chi connectivity index (χ2n) is 6.33. The first-order valence-electron chi connectivity index (χ1n) is 8.58. The minimum atomic E-state index is -3.75. The van der Waals surface area contributed by atoms with Crippen molar-refractivity contribution in [2.24, 2.45) is 7.05 Å². The van der Waals surface area contributed by atoms with Crippen LogP contribution in [0.15, 0.2) is 35.2 Å². The van der Waals surface area contributed by atoms with E-state index in [1.807, 2.05) is 37.3 Å². The van der Waals surface area contributed by atoms with E-state index in [4.69, 9.17) is 4.74 Å². The van der Waals surface area contributed by atoms with Crippen LogP contribution >= 0.6 is 0 Å². The third-order valence-electron chi connectivity index (χ3n) is 4.55. The van der Waals surface area contributed by atoms with Gasteiger partial charge in [-0.15, -0.1) is 0 Å². The van der Waals surface area contributed by atoms with Crippen LogP contribution < -0.4 is 4.72 Å². The molecular formula is C19H26N2O4S. The third kappa shape index (κ3) is 3.99. The maximum atomic E-state index is 12.9. The summed E-state index contributed by atoms with van der Waals surface area (Å²) in [5, 5.41) is 0. The largest absolute Gasteiger partial charge is 0.461 e. The molecular weight excluding hydrogens is 352 g/mol. The first-order chi connectivity index (χ1) is 12.2. The molecule has 0 bridgehead atoms. The summed E-state index contributed by atoms with van der Waals surface area (Å²) in [5.74, 6) is -0.491. The zero-order valence-electron chi connectivity index (χ0n) is 15.9. The van der Waals surface area contributed by atoms with Gasteiger partial charge in [-0.1, -0.05) is 37.3 Å². The highest BCUT2D eigenvalue weighted by Gasteiger charge is 2.29. The molecule has 0 aliphatic heterocycles. The van der Waals surface area contributed by atoms with Crippen molar-refractivity contribution < 1.29 is 17.9 Å². The van der Waals surface area contributed by atoms with Gasteiger partial charge in [0.05, 0.1) is 6.61 Å².